The second-order valence-electron chi connectivity index (χ2n) is 8.75. The number of primary amides is 1. The van der Waals surface area contributed by atoms with E-state index in [0.29, 0.717) is 32.4 Å². The molecule has 37 heavy (non-hydrogen) atoms. The molecule has 3 aromatic rings. The fourth-order valence-corrected chi connectivity index (χ4v) is 4.38. The number of hydrogen-bond acceptors (Lipinski definition) is 4. The van der Waals surface area contributed by atoms with Crippen LogP contribution in [0.15, 0.2) is 89.9 Å². The molecule has 194 valence electrons. The largest absolute Gasteiger partial charge is 0.497 e. The maximum atomic E-state index is 14.3. The lowest BCUT2D eigenvalue weighted by Gasteiger charge is -2.33. The van der Waals surface area contributed by atoms with Gasteiger partial charge in [-0.3, -0.25) is 14.6 Å². The quantitative estimate of drug-likeness (QED) is 0.188. The second-order valence-corrected chi connectivity index (χ2v) is 8.75. The topological polar surface area (TPSA) is 137 Å². The molecule has 0 aliphatic carbocycles. The molecule has 0 fully saturated rings. The van der Waals surface area contributed by atoms with E-state index in [0.717, 1.165) is 22.4 Å². The van der Waals surface area contributed by atoms with Gasteiger partial charge in [-0.05, 0) is 48.1 Å². The molecule has 0 aromatic heterocycles. The number of carbonyl (C=O) groups excluding carboxylic acids is 2. The fourth-order valence-electron chi connectivity index (χ4n) is 4.38. The van der Waals surface area contributed by atoms with Gasteiger partial charge in [0.05, 0.1) is 13.0 Å². The van der Waals surface area contributed by atoms with Crippen LogP contribution < -0.4 is 21.9 Å². The molecule has 3 aromatic carbocycles. The van der Waals surface area contributed by atoms with Crippen molar-refractivity contribution in [3.05, 3.63) is 102 Å². The summed E-state index contributed by atoms with van der Waals surface area (Å²) in [6.07, 6.45) is 1.36. The van der Waals surface area contributed by atoms with Crippen molar-refractivity contribution in [1.29, 1.82) is 0 Å². The first-order valence-electron chi connectivity index (χ1n) is 12.3. The van der Waals surface area contributed by atoms with Crippen molar-refractivity contribution >= 4 is 17.8 Å². The first-order chi connectivity index (χ1) is 17.9. The molecular formula is C29H35N5O3. The summed E-state index contributed by atoms with van der Waals surface area (Å²) in [4.78, 5) is 32.6. The lowest BCUT2D eigenvalue weighted by molar-refractivity contribution is -0.140. The Morgan fingerprint density at radius 1 is 0.892 bits per heavy atom. The van der Waals surface area contributed by atoms with Crippen LogP contribution >= 0.6 is 0 Å². The van der Waals surface area contributed by atoms with E-state index < -0.39 is 17.9 Å². The molecule has 0 saturated heterocycles. The van der Waals surface area contributed by atoms with E-state index in [4.69, 9.17) is 21.9 Å². The molecular weight excluding hydrogens is 466 g/mol. The summed E-state index contributed by atoms with van der Waals surface area (Å²) >= 11 is 0. The Balaban J connectivity index is 1.97. The average molecular weight is 502 g/mol. The number of nitrogens with zero attached hydrogens (tertiary/aromatic N) is 2. The summed E-state index contributed by atoms with van der Waals surface area (Å²) in [5.74, 6) is -0.637. The number of benzene rings is 3. The van der Waals surface area contributed by atoms with Crippen LogP contribution in [0.25, 0.3) is 0 Å². The number of ether oxygens (including phenoxy) is 1. The zero-order valence-corrected chi connectivity index (χ0v) is 21.1. The molecule has 0 aliphatic rings. The SMILES string of the molecule is COc1cccc(CCN(C(=O)C(c2ccccc2)c2ccccc2)[C@@H](CCCN=C(N)N)C(N)=O)c1. The van der Waals surface area contributed by atoms with Gasteiger partial charge in [-0.1, -0.05) is 72.8 Å². The zero-order chi connectivity index (χ0) is 26.6. The highest BCUT2D eigenvalue weighted by atomic mass is 16.5. The number of guanidine groups is 1. The molecule has 8 nitrogen and oxygen atoms in total. The Labute approximate surface area is 218 Å². The van der Waals surface area contributed by atoms with Gasteiger partial charge in [-0.25, -0.2) is 0 Å². The summed E-state index contributed by atoms with van der Waals surface area (Å²) in [5.41, 5.74) is 19.4. The predicted octanol–water partition coefficient (Wildman–Crippen LogP) is 2.81. The lowest BCUT2D eigenvalue weighted by atomic mass is 9.89. The number of methoxy groups -OCH3 is 1. The summed E-state index contributed by atoms with van der Waals surface area (Å²) in [6, 6.07) is 26.0. The zero-order valence-electron chi connectivity index (χ0n) is 21.1. The van der Waals surface area contributed by atoms with Gasteiger partial charge in [0.2, 0.25) is 11.8 Å². The third-order valence-electron chi connectivity index (χ3n) is 6.21. The minimum Gasteiger partial charge on any atom is -0.497 e. The van der Waals surface area contributed by atoms with E-state index >= 15 is 0 Å². The Morgan fingerprint density at radius 3 is 2.05 bits per heavy atom. The van der Waals surface area contributed by atoms with Crippen molar-refractivity contribution in [3.63, 3.8) is 0 Å². The third kappa shape index (κ3) is 7.83. The van der Waals surface area contributed by atoms with E-state index in [1.807, 2.05) is 84.9 Å². The van der Waals surface area contributed by atoms with Crippen molar-refractivity contribution in [2.45, 2.75) is 31.2 Å². The number of nitrogens with two attached hydrogens (primary N) is 3. The van der Waals surface area contributed by atoms with Crippen LogP contribution in [0.5, 0.6) is 5.75 Å². The smallest absolute Gasteiger partial charge is 0.240 e. The summed E-state index contributed by atoms with van der Waals surface area (Å²) in [6.45, 7) is 0.642. The van der Waals surface area contributed by atoms with E-state index in [2.05, 4.69) is 4.99 Å². The molecule has 8 heteroatoms. The van der Waals surface area contributed by atoms with Crippen LogP contribution in [0, 0.1) is 0 Å². The van der Waals surface area contributed by atoms with Gasteiger partial charge in [-0.15, -0.1) is 0 Å². The van der Waals surface area contributed by atoms with E-state index in [9.17, 15) is 9.59 Å². The Bertz CT molecular complexity index is 1140. The number of aliphatic imine (C=N–C) groups is 1. The van der Waals surface area contributed by atoms with Gasteiger partial charge < -0.3 is 26.8 Å². The molecule has 0 aliphatic heterocycles. The molecule has 2 amide bonds. The Kier molecular flexibility index (Phi) is 10.1. The van der Waals surface area contributed by atoms with Gasteiger partial charge in [0.25, 0.3) is 0 Å². The summed E-state index contributed by atoms with van der Waals surface area (Å²) in [5, 5.41) is 0. The molecule has 6 N–H and O–H groups in total. The normalized spacial score (nSPS) is 11.5. The lowest BCUT2D eigenvalue weighted by Crippen LogP contribution is -2.50. The van der Waals surface area contributed by atoms with Crippen molar-refractivity contribution in [3.8, 4) is 5.75 Å². The number of hydrogen-bond donors (Lipinski definition) is 3. The maximum Gasteiger partial charge on any atom is 0.240 e. The summed E-state index contributed by atoms with van der Waals surface area (Å²) in [7, 11) is 1.61. The van der Waals surface area contributed by atoms with Gasteiger partial charge >= 0.3 is 0 Å². The highest BCUT2D eigenvalue weighted by Crippen LogP contribution is 2.29. The predicted molar refractivity (Wildman–Crippen MR) is 146 cm³/mol. The highest BCUT2D eigenvalue weighted by molar-refractivity contribution is 5.92. The summed E-state index contributed by atoms with van der Waals surface area (Å²) < 4.78 is 5.35. The van der Waals surface area contributed by atoms with Gasteiger partial charge in [-0.2, -0.15) is 0 Å². The van der Waals surface area contributed by atoms with Gasteiger partial charge in [0, 0.05) is 13.1 Å². The second kappa shape index (κ2) is 13.7. The molecule has 0 spiro atoms. The minimum absolute atomic E-state index is 0.0187. The third-order valence-corrected chi connectivity index (χ3v) is 6.21. The number of carbonyl (C=O) groups is 2. The van der Waals surface area contributed by atoms with E-state index in [1.54, 1.807) is 12.0 Å². The van der Waals surface area contributed by atoms with Gasteiger partial charge in [0.15, 0.2) is 5.96 Å². The van der Waals surface area contributed by atoms with E-state index in [-0.39, 0.29) is 11.9 Å². The van der Waals surface area contributed by atoms with Crippen LogP contribution in [0.2, 0.25) is 0 Å². The first kappa shape index (κ1) is 27.3. The van der Waals surface area contributed by atoms with Crippen LogP contribution in [0.1, 0.15) is 35.4 Å². The number of rotatable bonds is 13. The van der Waals surface area contributed by atoms with Crippen molar-refractivity contribution in [1.82, 2.24) is 4.90 Å². The molecule has 1 atom stereocenters. The van der Waals surface area contributed by atoms with Crippen LogP contribution in [0.3, 0.4) is 0 Å². The molecule has 0 radical (unpaired) electrons. The monoisotopic (exact) mass is 501 g/mol. The fraction of sp³-hybridized carbons (Fsp3) is 0.276. The van der Waals surface area contributed by atoms with Crippen LogP contribution in [-0.2, 0) is 16.0 Å². The first-order valence-corrected chi connectivity index (χ1v) is 12.3. The molecule has 0 heterocycles. The number of amides is 2. The van der Waals surface area contributed by atoms with Gasteiger partial charge in [0.1, 0.15) is 11.8 Å². The Morgan fingerprint density at radius 2 is 1.51 bits per heavy atom. The standard InChI is InChI=1S/C29H35N5O3/c1-37-24-15-8-10-21(20-24)17-19-34(25(27(30)35)16-9-18-33-29(31)32)28(36)26(22-11-4-2-5-12-22)23-13-6-3-7-14-23/h2-8,10-15,20,25-26H,9,16-19H2,1H3,(H2,30,35)(H4,31,32,33)/t25-/m0/s1. The highest BCUT2D eigenvalue weighted by Gasteiger charge is 2.34. The molecule has 0 unspecified atom stereocenters. The molecule has 3 rings (SSSR count). The molecule has 0 bridgehead atoms. The van der Waals surface area contributed by atoms with E-state index in [1.165, 1.54) is 0 Å². The van der Waals surface area contributed by atoms with Crippen LogP contribution in [-0.4, -0.2) is 48.9 Å². The van der Waals surface area contributed by atoms with Crippen molar-refractivity contribution in [2.75, 3.05) is 20.2 Å². The average Bonchev–Trinajstić information content (AvgIpc) is 2.91. The minimum atomic E-state index is -0.817. The van der Waals surface area contributed by atoms with Crippen molar-refractivity contribution < 1.29 is 14.3 Å². The maximum absolute atomic E-state index is 14.3. The van der Waals surface area contributed by atoms with Crippen LogP contribution in [0.4, 0.5) is 0 Å². The molecule has 0 saturated carbocycles. The Hall–Kier alpha value is -4.33. The van der Waals surface area contributed by atoms with Crippen molar-refractivity contribution in [2.24, 2.45) is 22.2 Å².